The molecule has 1 amide bonds. The molecule has 55 heavy (non-hydrogen) atoms. The number of nitrogens with two attached hydrogens (primary N) is 1. The predicted molar refractivity (Wildman–Crippen MR) is 234 cm³/mol. The van der Waals surface area contributed by atoms with E-state index in [1.807, 2.05) is 0 Å². The van der Waals surface area contributed by atoms with Crippen LogP contribution in [0.25, 0.3) is 0 Å². The highest BCUT2D eigenvalue weighted by molar-refractivity contribution is 5.83. The van der Waals surface area contributed by atoms with Crippen LogP contribution in [0, 0.1) is 0 Å². The van der Waals surface area contributed by atoms with Gasteiger partial charge in [0.25, 0.3) is 0 Å². The number of hydrogen-bond acceptors (Lipinski definition) is 5. The summed E-state index contributed by atoms with van der Waals surface area (Å²) in [4.78, 5) is 36.3. The smallest absolute Gasteiger partial charge is 0.326 e. The number of hydrogen-bond donors (Lipinski definition) is 3. The normalized spacial score (nSPS) is 12.9. The van der Waals surface area contributed by atoms with Gasteiger partial charge in [-0.3, -0.25) is 9.59 Å². The Balaban J connectivity index is 4.13. The second-order valence-corrected chi connectivity index (χ2v) is 15.8. The van der Waals surface area contributed by atoms with Crippen LogP contribution in [0.3, 0.4) is 0 Å². The van der Waals surface area contributed by atoms with Crippen molar-refractivity contribution in [1.29, 1.82) is 0 Å². The van der Waals surface area contributed by atoms with Crippen LogP contribution < -0.4 is 11.1 Å². The molecule has 0 aliphatic heterocycles. The third kappa shape index (κ3) is 39.6. The van der Waals surface area contributed by atoms with Gasteiger partial charge >= 0.3 is 11.9 Å². The Morgan fingerprint density at radius 3 is 1.45 bits per heavy atom. The van der Waals surface area contributed by atoms with Crippen molar-refractivity contribution in [3.8, 4) is 0 Å². The van der Waals surface area contributed by atoms with Crippen LogP contribution in [0.4, 0.5) is 0 Å². The standard InChI is InChI=1S/C48H88N2O5/c1-3-5-7-9-11-13-14-15-16-17-18-19-20-21-22-23-24-26-32-36-42-47(52)55-44(38-33-29-25-12-10-8-6-4-2)39-34-30-27-28-31-35-41-46(51)50-45(48(53)54)40-37-43-49/h6,8,12,25,33,38,44-45H,3-5,7,9-11,13-24,26-32,34-37,39-43,49H2,1-2H3,(H,50,51)(H,53,54)/b8-6-,25-12-,38-33-. The van der Waals surface area contributed by atoms with Crippen LogP contribution in [0.2, 0.25) is 0 Å². The maximum absolute atomic E-state index is 12.8. The molecule has 0 saturated heterocycles. The number of carbonyl (C=O) groups is 3. The minimum absolute atomic E-state index is 0.0799. The Labute approximate surface area is 339 Å². The number of aliphatic carboxylic acids is 1. The molecule has 0 bridgehead atoms. The molecular weight excluding hydrogens is 685 g/mol. The molecule has 0 aromatic carbocycles. The van der Waals surface area contributed by atoms with Crippen LogP contribution in [0.5, 0.6) is 0 Å². The molecule has 0 radical (unpaired) electrons. The van der Waals surface area contributed by atoms with E-state index < -0.39 is 12.0 Å². The summed E-state index contributed by atoms with van der Waals surface area (Å²) < 4.78 is 5.94. The first-order valence-corrected chi connectivity index (χ1v) is 23.3. The highest BCUT2D eigenvalue weighted by Gasteiger charge is 2.18. The lowest BCUT2D eigenvalue weighted by Crippen LogP contribution is -2.40. The average Bonchev–Trinajstić information content (AvgIpc) is 3.17. The molecule has 0 saturated carbocycles. The molecule has 320 valence electrons. The number of ether oxygens (including phenoxy) is 1. The quantitative estimate of drug-likeness (QED) is 0.0323. The molecule has 7 nitrogen and oxygen atoms in total. The van der Waals surface area contributed by atoms with Crippen molar-refractivity contribution in [2.24, 2.45) is 5.73 Å². The van der Waals surface area contributed by atoms with Crippen LogP contribution in [-0.2, 0) is 19.1 Å². The highest BCUT2D eigenvalue weighted by Crippen LogP contribution is 2.17. The first-order valence-electron chi connectivity index (χ1n) is 23.3. The lowest BCUT2D eigenvalue weighted by molar-refractivity contribution is -0.147. The second-order valence-electron chi connectivity index (χ2n) is 15.8. The first-order chi connectivity index (χ1) is 26.9. The van der Waals surface area contributed by atoms with E-state index in [9.17, 15) is 19.5 Å². The van der Waals surface area contributed by atoms with E-state index in [0.29, 0.717) is 32.2 Å². The largest absolute Gasteiger partial charge is 0.480 e. The predicted octanol–water partition coefficient (Wildman–Crippen LogP) is 13.4. The Morgan fingerprint density at radius 1 is 0.545 bits per heavy atom. The first kappa shape index (κ1) is 52.6. The molecule has 0 fully saturated rings. The number of carboxylic acids is 1. The van der Waals surface area contributed by atoms with Crippen LogP contribution in [0.15, 0.2) is 36.5 Å². The average molecular weight is 773 g/mol. The van der Waals surface area contributed by atoms with Gasteiger partial charge in [0.15, 0.2) is 0 Å². The number of carbonyl (C=O) groups excluding carboxylic acids is 2. The van der Waals surface area contributed by atoms with E-state index in [1.165, 1.54) is 116 Å². The number of allylic oxidation sites excluding steroid dienone is 5. The number of nitrogens with one attached hydrogen (secondary N) is 1. The van der Waals surface area contributed by atoms with Crippen LogP contribution in [-0.4, -0.2) is 41.6 Å². The van der Waals surface area contributed by atoms with Gasteiger partial charge in [0.2, 0.25) is 5.91 Å². The molecule has 0 rings (SSSR count). The van der Waals surface area contributed by atoms with Crippen molar-refractivity contribution in [3.05, 3.63) is 36.5 Å². The van der Waals surface area contributed by atoms with Gasteiger partial charge in [0.05, 0.1) is 0 Å². The number of unbranched alkanes of at least 4 members (excludes halogenated alkanes) is 24. The Bertz CT molecular complexity index is 962. The topological polar surface area (TPSA) is 119 Å². The minimum atomic E-state index is -1.01. The number of carboxylic acid groups (broad SMARTS) is 1. The molecule has 0 aromatic rings. The summed E-state index contributed by atoms with van der Waals surface area (Å²) in [5.74, 6) is -1.29. The van der Waals surface area contributed by atoms with Gasteiger partial charge in [-0.05, 0) is 70.4 Å². The zero-order valence-electron chi connectivity index (χ0n) is 36.0. The van der Waals surface area contributed by atoms with Crippen molar-refractivity contribution in [2.75, 3.05) is 6.54 Å². The monoisotopic (exact) mass is 773 g/mol. The Kier molecular flexibility index (Phi) is 40.9. The number of rotatable bonds is 42. The minimum Gasteiger partial charge on any atom is -0.480 e. The maximum atomic E-state index is 12.8. The molecule has 0 aliphatic carbocycles. The zero-order chi connectivity index (χ0) is 40.3. The third-order valence-corrected chi connectivity index (χ3v) is 10.5. The maximum Gasteiger partial charge on any atom is 0.326 e. The second kappa shape index (κ2) is 42.7. The van der Waals surface area contributed by atoms with Crippen molar-refractivity contribution >= 4 is 17.8 Å². The van der Waals surface area contributed by atoms with Gasteiger partial charge in [-0.25, -0.2) is 4.79 Å². The van der Waals surface area contributed by atoms with Crippen molar-refractivity contribution < 1.29 is 24.2 Å². The van der Waals surface area contributed by atoms with Crippen molar-refractivity contribution in [3.63, 3.8) is 0 Å². The molecule has 0 aromatic heterocycles. The fourth-order valence-corrected chi connectivity index (χ4v) is 6.97. The third-order valence-electron chi connectivity index (χ3n) is 10.5. The fraction of sp³-hybridized carbons (Fsp3) is 0.812. The van der Waals surface area contributed by atoms with Gasteiger partial charge in [-0.15, -0.1) is 0 Å². The van der Waals surface area contributed by atoms with Crippen LogP contribution >= 0.6 is 0 Å². The van der Waals surface area contributed by atoms with Crippen LogP contribution in [0.1, 0.15) is 232 Å². The van der Waals surface area contributed by atoms with Gasteiger partial charge in [-0.2, -0.15) is 0 Å². The van der Waals surface area contributed by atoms with E-state index in [0.717, 1.165) is 77.0 Å². The van der Waals surface area contributed by atoms with Gasteiger partial charge < -0.3 is 20.9 Å². The molecule has 0 aliphatic rings. The summed E-state index contributed by atoms with van der Waals surface area (Å²) in [5, 5.41) is 11.9. The molecule has 4 N–H and O–H groups in total. The molecule has 0 spiro atoms. The lowest BCUT2D eigenvalue weighted by Gasteiger charge is -2.15. The molecular formula is C48H88N2O5. The Hall–Kier alpha value is -2.41. The summed E-state index contributed by atoms with van der Waals surface area (Å²) in [6, 6.07) is -0.857. The van der Waals surface area contributed by atoms with E-state index in [-0.39, 0.29) is 18.0 Å². The fourth-order valence-electron chi connectivity index (χ4n) is 6.97. The zero-order valence-corrected chi connectivity index (χ0v) is 36.0. The lowest BCUT2D eigenvalue weighted by atomic mass is 10.0. The SMILES string of the molecule is CC/C=C\C/C=C\C/C=C\C(CCCCCCCCC(=O)NC(CCCN)C(=O)O)OC(=O)CCCCCCCCCCCCCCCCCCCCCC. The van der Waals surface area contributed by atoms with E-state index in [2.05, 4.69) is 55.6 Å². The summed E-state index contributed by atoms with van der Waals surface area (Å²) in [5.41, 5.74) is 5.48. The summed E-state index contributed by atoms with van der Waals surface area (Å²) in [6.07, 6.45) is 50.9. The highest BCUT2D eigenvalue weighted by atomic mass is 16.5. The van der Waals surface area contributed by atoms with E-state index in [1.54, 1.807) is 0 Å². The summed E-state index contributed by atoms with van der Waals surface area (Å²) in [6.45, 7) is 4.84. The van der Waals surface area contributed by atoms with E-state index >= 15 is 0 Å². The Morgan fingerprint density at radius 2 is 0.982 bits per heavy atom. The number of esters is 1. The molecule has 2 atom stereocenters. The van der Waals surface area contributed by atoms with Crippen molar-refractivity contribution in [1.82, 2.24) is 5.32 Å². The molecule has 2 unspecified atom stereocenters. The summed E-state index contributed by atoms with van der Waals surface area (Å²) >= 11 is 0. The van der Waals surface area contributed by atoms with Gasteiger partial charge in [0.1, 0.15) is 12.1 Å². The van der Waals surface area contributed by atoms with Gasteiger partial charge in [0, 0.05) is 12.8 Å². The van der Waals surface area contributed by atoms with E-state index in [4.69, 9.17) is 10.5 Å². The molecule has 7 heteroatoms. The van der Waals surface area contributed by atoms with Gasteiger partial charge in [-0.1, -0.05) is 192 Å². The number of amides is 1. The van der Waals surface area contributed by atoms with Crippen molar-refractivity contribution in [2.45, 2.75) is 244 Å². The summed E-state index contributed by atoms with van der Waals surface area (Å²) in [7, 11) is 0. The molecule has 0 heterocycles.